The quantitative estimate of drug-likeness (QED) is 0.640. The van der Waals surface area contributed by atoms with Crippen molar-refractivity contribution in [2.75, 3.05) is 6.54 Å². The van der Waals surface area contributed by atoms with Crippen molar-refractivity contribution in [3.8, 4) is 0 Å². The number of carbonyl (C=O) groups is 1. The number of carbonyl (C=O) groups excluding carboxylic acids is 1. The maximum Gasteiger partial charge on any atom is 0.475 e. The van der Waals surface area contributed by atoms with Crippen molar-refractivity contribution in [3.63, 3.8) is 0 Å². The van der Waals surface area contributed by atoms with E-state index in [0.29, 0.717) is 13.0 Å². The molecule has 0 radical (unpaired) electrons. The number of rotatable bonds is 3. The largest absolute Gasteiger partial charge is 0.475 e. The van der Waals surface area contributed by atoms with Crippen LogP contribution in [0, 0.1) is 0 Å². The van der Waals surface area contributed by atoms with Crippen molar-refractivity contribution in [2.24, 2.45) is 5.73 Å². The summed E-state index contributed by atoms with van der Waals surface area (Å²) >= 11 is 0. The second-order valence-electron chi connectivity index (χ2n) is 4.54. The van der Waals surface area contributed by atoms with Crippen LogP contribution in [-0.2, 0) is 4.79 Å². The fourth-order valence-electron chi connectivity index (χ4n) is 2.36. The minimum atomic E-state index is -1.50. The highest BCUT2D eigenvalue weighted by molar-refractivity contribution is 6.43. The van der Waals surface area contributed by atoms with Crippen LogP contribution in [0.1, 0.15) is 24.4 Å². The molecule has 0 bridgehead atoms. The summed E-state index contributed by atoms with van der Waals surface area (Å²) in [7, 11) is -1.50. The van der Waals surface area contributed by atoms with Gasteiger partial charge in [-0.15, -0.1) is 0 Å². The molecule has 2 rings (SSSR count). The van der Waals surface area contributed by atoms with E-state index < -0.39 is 19.1 Å². The molecule has 1 aromatic rings. The van der Waals surface area contributed by atoms with Gasteiger partial charge in [-0.05, 0) is 18.4 Å². The van der Waals surface area contributed by atoms with E-state index in [2.05, 4.69) is 0 Å². The third-order valence-electron chi connectivity index (χ3n) is 3.35. The van der Waals surface area contributed by atoms with Crippen LogP contribution in [0.25, 0.3) is 0 Å². The standard InChI is InChI=1S/C12H17BN2O3/c14-11(9-5-2-1-3-6-9)12(16)15-8-4-7-10(15)13(17)18/h1-3,5-6,10-11,17-18H,4,7-8,14H2/t10-,11-/m0/s1. The highest BCUT2D eigenvalue weighted by Crippen LogP contribution is 2.22. The van der Waals surface area contributed by atoms with Crippen molar-refractivity contribution in [1.82, 2.24) is 4.90 Å². The molecule has 1 saturated heterocycles. The van der Waals surface area contributed by atoms with Crippen LogP contribution >= 0.6 is 0 Å². The Balaban J connectivity index is 2.11. The first-order valence-electron chi connectivity index (χ1n) is 6.08. The third kappa shape index (κ3) is 2.55. The molecule has 2 atom stereocenters. The van der Waals surface area contributed by atoms with Gasteiger partial charge in [0.1, 0.15) is 6.04 Å². The first-order valence-corrected chi connectivity index (χ1v) is 6.08. The molecular weight excluding hydrogens is 231 g/mol. The Morgan fingerprint density at radius 1 is 1.39 bits per heavy atom. The van der Waals surface area contributed by atoms with E-state index in [1.807, 2.05) is 18.2 Å². The van der Waals surface area contributed by atoms with E-state index in [0.717, 1.165) is 12.0 Å². The Kier molecular flexibility index (Phi) is 4.01. The second-order valence-corrected chi connectivity index (χ2v) is 4.54. The first kappa shape index (κ1) is 13.1. The van der Waals surface area contributed by atoms with Crippen LogP contribution < -0.4 is 5.73 Å². The second kappa shape index (κ2) is 5.52. The lowest BCUT2D eigenvalue weighted by Crippen LogP contribution is -2.48. The first-order chi connectivity index (χ1) is 8.61. The molecule has 4 N–H and O–H groups in total. The number of benzene rings is 1. The van der Waals surface area contributed by atoms with Gasteiger partial charge in [0, 0.05) is 6.54 Å². The number of likely N-dealkylation sites (tertiary alicyclic amines) is 1. The van der Waals surface area contributed by atoms with Crippen LogP contribution in [0.3, 0.4) is 0 Å². The zero-order chi connectivity index (χ0) is 13.1. The van der Waals surface area contributed by atoms with Crippen LogP contribution in [0.4, 0.5) is 0 Å². The van der Waals surface area contributed by atoms with Gasteiger partial charge in [0.2, 0.25) is 5.91 Å². The fourth-order valence-corrected chi connectivity index (χ4v) is 2.36. The number of nitrogens with two attached hydrogens (primary N) is 1. The number of hydrogen-bond donors (Lipinski definition) is 3. The molecule has 1 aromatic carbocycles. The van der Waals surface area contributed by atoms with Crippen molar-refractivity contribution >= 4 is 13.0 Å². The molecule has 1 aliphatic rings. The Morgan fingerprint density at radius 3 is 2.67 bits per heavy atom. The monoisotopic (exact) mass is 248 g/mol. The molecule has 18 heavy (non-hydrogen) atoms. The predicted octanol–water partition coefficient (Wildman–Crippen LogP) is -0.311. The lowest BCUT2D eigenvalue weighted by atomic mass is 9.77. The van der Waals surface area contributed by atoms with E-state index in [9.17, 15) is 14.8 Å². The average molecular weight is 248 g/mol. The lowest BCUT2D eigenvalue weighted by Gasteiger charge is -2.27. The number of hydrogen-bond acceptors (Lipinski definition) is 4. The van der Waals surface area contributed by atoms with E-state index in [1.165, 1.54) is 4.90 Å². The third-order valence-corrected chi connectivity index (χ3v) is 3.35. The molecule has 1 heterocycles. The van der Waals surface area contributed by atoms with Crippen LogP contribution in [-0.4, -0.2) is 40.5 Å². The lowest BCUT2D eigenvalue weighted by molar-refractivity contribution is -0.132. The summed E-state index contributed by atoms with van der Waals surface area (Å²) in [5.41, 5.74) is 6.66. The molecule has 0 unspecified atom stereocenters. The summed E-state index contributed by atoms with van der Waals surface area (Å²) in [5, 5.41) is 18.5. The minimum Gasteiger partial charge on any atom is -0.426 e. The highest BCUT2D eigenvalue weighted by atomic mass is 16.4. The summed E-state index contributed by atoms with van der Waals surface area (Å²) in [5.74, 6) is -0.788. The molecular formula is C12H17BN2O3. The molecule has 5 nitrogen and oxygen atoms in total. The van der Waals surface area contributed by atoms with E-state index in [4.69, 9.17) is 5.73 Å². The SMILES string of the molecule is N[C@H](C(=O)N1CCC[C@H]1B(O)O)c1ccccc1. The molecule has 0 spiro atoms. The Labute approximate surface area is 106 Å². The predicted molar refractivity (Wildman–Crippen MR) is 68.3 cm³/mol. The fraction of sp³-hybridized carbons (Fsp3) is 0.417. The Bertz CT molecular complexity index is 413. The molecule has 1 aliphatic heterocycles. The van der Waals surface area contributed by atoms with Gasteiger partial charge in [-0.1, -0.05) is 30.3 Å². The molecule has 1 amide bonds. The zero-order valence-corrected chi connectivity index (χ0v) is 10.1. The number of nitrogens with zero attached hydrogens (tertiary/aromatic N) is 1. The Morgan fingerprint density at radius 2 is 2.06 bits per heavy atom. The van der Waals surface area contributed by atoms with Gasteiger partial charge in [-0.25, -0.2) is 0 Å². The maximum atomic E-state index is 12.2. The zero-order valence-electron chi connectivity index (χ0n) is 10.1. The van der Waals surface area contributed by atoms with Crippen LogP contribution in [0.2, 0.25) is 0 Å². The van der Waals surface area contributed by atoms with Gasteiger partial charge in [-0.2, -0.15) is 0 Å². The normalized spacial score (nSPS) is 20.8. The smallest absolute Gasteiger partial charge is 0.426 e. The van der Waals surface area contributed by atoms with Crippen molar-refractivity contribution in [2.45, 2.75) is 24.8 Å². The average Bonchev–Trinajstić information content (AvgIpc) is 2.87. The van der Waals surface area contributed by atoms with Gasteiger partial charge >= 0.3 is 7.12 Å². The van der Waals surface area contributed by atoms with Crippen molar-refractivity contribution < 1.29 is 14.8 Å². The summed E-state index contributed by atoms with van der Waals surface area (Å²) < 4.78 is 0. The van der Waals surface area contributed by atoms with Crippen LogP contribution in [0.15, 0.2) is 30.3 Å². The van der Waals surface area contributed by atoms with E-state index in [-0.39, 0.29) is 5.91 Å². The molecule has 1 fully saturated rings. The van der Waals surface area contributed by atoms with E-state index >= 15 is 0 Å². The molecule has 6 heteroatoms. The summed E-state index contributed by atoms with van der Waals surface area (Å²) in [6, 6.07) is 8.35. The van der Waals surface area contributed by atoms with Gasteiger partial charge in [0.05, 0.1) is 5.94 Å². The Hall–Kier alpha value is -1.37. The molecule has 0 aliphatic carbocycles. The topological polar surface area (TPSA) is 86.8 Å². The van der Waals surface area contributed by atoms with Crippen molar-refractivity contribution in [1.29, 1.82) is 0 Å². The molecule has 0 saturated carbocycles. The van der Waals surface area contributed by atoms with E-state index in [1.54, 1.807) is 12.1 Å². The number of amides is 1. The van der Waals surface area contributed by atoms with Gasteiger partial charge < -0.3 is 20.7 Å². The van der Waals surface area contributed by atoms with Crippen LogP contribution in [0.5, 0.6) is 0 Å². The molecule has 96 valence electrons. The highest BCUT2D eigenvalue weighted by Gasteiger charge is 2.38. The van der Waals surface area contributed by atoms with Gasteiger partial charge in [-0.3, -0.25) is 4.79 Å². The molecule has 0 aromatic heterocycles. The van der Waals surface area contributed by atoms with Gasteiger partial charge in [0.15, 0.2) is 0 Å². The summed E-state index contributed by atoms with van der Waals surface area (Å²) in [4.78, 5) is 13.7. The van der Waals surface area contributed by atoms with Gasteiger partial charge in [0.25, 0.3) is 0 Å². The minimum absolute atomic E-state index is 0.253. The van der Waals surface area contributed by atoms with Crippen molar-refractivity contribution in [3.05, 3.63) is 35.9 Å². The summed E-state index contributed by atoms with van der Waals surface area (Å²) in [6.45, 7) is 0.529. The summed E-state index contributed by atoms with van der Waals surface area (Å²) in [6.07, 6.45) is 1.38. The maximum absolute atomic E-state index is 12.2.